The molecule has 4 amide bonds. The number of anilines is 1. The molecule has 0 aromatic heterocycles. The van der Waals surface area contributed by atoms with E-state index >= 15 is 0 Å². The van der Waals surface area contributed by atoms with Crippen molar-refractivity contribution in [3.63, 3.8) is 0 Å². The van der Waals surface area contributed by atoms with Crippen LogP contribution in [0.1, 0.15) is 55.1 Å². The van der Waals surface area contributed by atoms with Gasteiger partial charge in [0.2, 0.25) is 5.91 Å². The number of hydrogen-bond donors (Lipinski definition) is 3. The lowest BCUT2D eigenvalue weighted by atomic mass is 9.94. The van der Waals surface area contributed by atoms with Gasteiger partial charge >= 0.3 is 6.03 Å². The van der Waals surface area contributed by atoms with Gasteiger partial charge in [-0.25, -0.2) is 4.79 Å². The van der Waals surface area contributed by atoms with Crippen LogP contribution in [-0.2, 0) is 9.53 Å². The van der Waals surface area contributed by atoms with Crippen molar-refractivity contribution in [2.75, 3.05) is 25.5 Å². The average Bonchev–Trinajstić information content (AvgIpc) is 2.87. The molecule has 0 aliphatic carbocycles. The second kappa shape index (κ2) is 11.4. The lowest BCUT2D eigenvalue weighted by Gasteiger charge is -2.42. The fourth-order valence-corrected chi connectivity index (χ4v) is 4.77. The van der Waals surface area contributed by atoms with Crippen LogP contribution in [0.2, 0.25) is 0 Å². The maximum Gasteiger partial charge on any atom is 0.319 e. The van der Waals surface area contributed by atoms with E-state index in [1.807, 2.05) is 44.2 Å². The van der Waals surface area contributed by atoms with Crippen molar-refractivity contribution in [3.8, 4) is 5.75 Å². The molecule has 192 valence electrons. The summed E-state index contributed by atoms with van der Waals surface area (Å²) < 4.78 is 12.3. The largest absolute Gasteiger partial charge is 0.490 e. The summed E-state index contributed by atoms with van der Waals surface area (Å²) in [6.45, 7) is 4.55. The Morgan fingerprint density at radius 1 is 1.14 bits per heavy atom. The zero-order valence-corrected chi connectivity index (χ0v) is 21.0. The first-order valence-corrected chi connectivity index (χ1v) is 12.4. The number of nitrogens with one attached hydrogen (secondary N) is 3. The number of rotatable bonds is 6. The quantitative estimate of drug-likeness (QED) is 0.570. The monoisotopic (exact) mass is 494 g/mol. The second-order valence-corrected chi connectivity index (χ2v) is 9.27. The molecule has 1 saturated heterocycles. The first-order chi connectivity index (χ1) is 17.4. The van der Waals surface area contributed by atoms with Crippen molar-refractivity contribution in [1.82, 2.24) is 15.5 Å². The first-order valence-electron chi connectivity index (χ1n) is 12.4. The van der Waals surface area contributed by atoms with Crippen molar-refractivity contribution in [2.24, 2.45) is 0 Å². The maximum absolute atomic E-state index is 13.3. The molecule has 1 fully saturated rings. The topological polar surface area (TPSA) is 109 Å². The number of carbonyl (C=O) groups excluding carboxylic acids is 3. The van der Waals surface area contributed by atoms with E-state index in [-0.39, 0.29) is 55.2 Å². The summed E-state index contributed by atoms with van der Waals surface area (Å²) in [4.78, 5) is 39.6. The number of urea groups is 1. The molecule has 0 radical (unpaired) electrons. The number of ether oxygens (including phenoxy) is 2. The Bertz CT molecular complexity index is 1090. The zero-order valence-electron chi connectivity index (χ0n) is 21.0. The summed E-state index contributed by atoms with van der Waals surface area (Å²) in [5.41, 5.74) is 1.95. The van der Waals surface area contributed by atoms with Gasteiger partial charge in [-0.15, -0.1) is 0 Å². The summed E-state index contributed by atoms with van der Waals surface area (Å²) in [6.07, 6.45) is 1.03. The van der Waals surface area contributed by atoms with Gasteiger partial charge < -0.3 is 30.3 Å². The van der Waals surface area contributed by atoms with Crippen molar-refractivity contribution >= 4 is 23.5 Å². The van der Waals surface area contributed by atoms with Gasteiger partial charge in [0, 0.05) is 19.3 Å². The standard InChI is InChI=1S/C27H34N4O5/c1-4-28-27(34)30-19-10-13-23-21(14-19)26(33)31(3)22-12-11-20(36-24(22)16-35-23)15-25(32)29-17(2)18-8-6-5-7-9-18/h5-10,13-14,17,20,22,24H,4,11-12,15-16H2,1-3H3,(H,29,32)(H2,28,30,34)/t17-,20-,22-,24+/m0/s1. The molecule has 2 aliphatic rings. The highest BCUT2D eigenvalue weighted by atomic mass is 16.5. The third kappa shape index (κ3) is 5.96. The van der Waals surface area contributed by atoms with E-state index in [9.17, 15) is 14.4 Å². The van der Waals surface area contributed by atoms with E-state index in [4.69, 9.17) is 9.47 Å². The number of carbonyl (C=O) groups is 3. The van der Waals surface area contributed by atoms with Crippen molar-refractivity contribution in [1.29, 1.82) is 0 Å². The molecule has 0 unspecified atom stereocenters. The third-order valence-corrected chi connectivity index (χ3v) is 6.70. The first kappa shape index (κ1) is 25.5. The minimum Gasteiger partial charge on any atom is -0.490 e. The molecule has 2 aromatic rings. The average molecular weight is 495 g/mol. The molecule has 36 heavy (non-hydrogen) atoms. The minimum absolute atomic E-state index is 0.0662. The van der Waals surface area contributed by atoms with Gasteiger partial charge in [0.05, 0.1) is 30.2 Å². The molecule has 2 aliphatic heterocycles. The number of benzene rings is 2. The number of fused-ring (bicyclic) bond motifs is 2. The van der Waals surface area contributed by atoms with Crippen molar-refractivity contribution in [2.45, 2.75) is 57.4 Å². The van der Waals surface area contributed by atoms with E-state index in [2.05, 4.69) is 16.0 Å². The van der Waals surface area contributed by atoms with Gasteiger partial charge in [-0.3, -0.25) is 9.59 Å². The van der Waals surface area contributed by atoms with E-state index in [0.717, 1.165) is 5.56 Å². The number of nitrogens with zero attached hydrogens (tertiary/aromatic N) is 1. The Morgan fingerprint density at radius 3 is 2.67 bits per heavy atom. The summed E-state index contributed by atoms with van der Waals surface area (Å²) in [6, 6.07) is 14.2. The number of likely N-dealkylation sites (N-methyl/N-ethyl adjacent to an activating group) is 1. The molecule has 0 saturated carbocycles. The van der Waals surface area contributed by atoms with Crippen LogP contribution in [0.4, 0.5) is 10.5 Å². The highest BCUT2D eigenvalue weighted by molar-refractivity contribution is 5.99. The van der Waals surface area contributed by atoms with Crippen molar-refractivity contribution < 1.29 is 23.9 Å². The summed E-state index contributed by atoms with van der Waals surface area (Å²) >= 11 is 0. The predicted octanol–water partition coefficient (Wildman–Crippen LogP) is 3.48. The Hall–Kier alpha value is -3.59. The lowest BCUT2D eigenvalue weighted by Crippen LogP contribution is -2.54. The van der Waals surface area contributed by atoms with Gasteiger partial charge in [-0.1, -0.05) is 30.3 Å². The molecular weight excluding hydrogens is 460 g/mol. The van der Waals surface area contributed by atoms with Gasteiger partial charge in [-0.05, 0) is 50.5 Å². The van der Waals surface area contributed by atoms with Crippen LogP contribution in [-0.4, -0.2) is 61.2 Å². The molecule has 9 heteroatoms. The molecular formula is C27H34N4O5. The highest BCUT2D eigenvalue weighted by Gasteiger charge is 2.39. The molecule has 0 spiro atoms. The molecule has 4 atom stereocenters. The minimum atomic E-state index is -0.349. The van der Waals surface area contributed by atoms with Crippen LogP contribution in [0.3, 0.4) is 0 Å². The fourth-order valence-electron chi connectivity index (χ4n) is 4.77. The van der Waals surface area contributed by atoms with E-state index < -0.39 is 0 Å². The van der Waals surface area contributed by atoms with Gasteiger partial charge in [-0.2, -0.15) is 0 Å². The van der Waals surface area contributed by atoms with Crippen LogP contribution in [0.15, 0.2) is 48.5 Å². The van der Waals surface area contributed by atoms with Gasteiger partial charge in [0.15, 0.2) is 0 Å². The van der Waals surface area contributed by atoms with Gasteiger partial charge in [0.25, 0.3) is 5.91 Å². The summed E-state index contributed by atoms with van der Waals surface area (Å²) in [7, 11) is 1.76. The van der Waals surface area contributed by atoms with Crippen LogP contribution in [0, 0.1) is 0 Å². The summed E-state index contributed by atoms with van der Waals surface area (Å²) in [5, 5.41) is 8.44. The normalized spacial score (nSPS) is 22.1. The SMILES string of the molecule is CCNC(=O)Nc1ccc2c(c1)C(=O)N(C)[C@H]1CC[C@@H](CC(=O)N[C@@H](C)c3ccccc3)O[C@@H]1CO2. The molecule has 4 rings (SSSR count). The van der Waals surface area contributed by atoms with Crippen LogP contribution >= 0.6 is 0 Å². The molecule has 2 heterocycles. The number of hydrogen-bond acceptors (Lipinski definition) is 5. The van der Waals surface area contributed by atoms with Crippen LogP contribution in [0.5, 0.6) is 5.75 Å². The fraction of sp³-hybridized carbons (Fsp3) is 0.444. The Morgan fingerprint density at radius 2 is 1.92 bits per heavy atom. The Balaban J connectivity index is 1.39. The predicted molar refractivity (Wildman–Crippen MR) is 136 cm³/mol. The molecule has 9 nitrogen and oxygen atoms in total. The zero-order chi connectivity index (χ0) is 25.7. The Kier molecular flexibility index (Phi) is 8.10. The van der Waals surface area contributed by atoms with E-state index in [1.165, 1.54) is 0 Å². The van der Waals surface area contributed by atoms with Crippen molar-refractivity contribution in [3.05, 3.63) is 59.7 Å². The second-order valence-electron chi connectivity index (χ2n) is 9.27. The molecule has 2 aromatic carbocycles. The Labute approximate surface area is 211 Å². The third-order valence-electron chi connectivity index (χ3n) is 6.70. The highest BCUT2D eigenvalue weighted by Crippen LogP contribution is 2.32. The van der Waals surface area contributed by atoms with Gasteiger partial charge in [0.1, 0.15) is 18.5 Å². The summed E-state index contributed by atoms with van der Waals surface area (Å²) in [5.74, 6) is 0.172. The van der Waals surface area contributed by atoms with Crippen LogP contribution in [0.25, 0.3) is 0 Å². The molecule has 3 N–H and O–H groups in total. The van der Waals surface area contributed by atoms with E-state index in [1.54, 1.807) is 30.1 Å². The molecule has 0 bridgehead atoms. The number of amides is 4. The van der Waals surface area contributed by atoms with Crippen LogP contribution < -0.4 is 20.7 Å². The van der Waals surface area contributed by atoms with E-state index in [0.29, 0.717) is 36.4 Å². The lowest BCUT2D eigenvalue weighted by molar-refractivity contribution is -0.134. The smallest absolute Gasteiger partial charge is 0.319 e. The maximum atomic E-state index is 13.3.